The average molecular weight is 533 g/mol. The van der Waals surface area contributed by atoms with Gasteiger partial charge in [0.15, 0.2) is 5.16 Å². The van der Waals surface area contributed by atoms with Crippen LogP contribution in [0.15, 0.2) is 82.7 Å². The summed E-state index contributed by atoms with van der Waals surface area (Å²) in [7, 11) is 1.58. The van der Waals surface area contributed by atoms with Crippen molar-refractivity contribution < 1.29 is 14.3 Å². The highest BCUT2D eigenvalue weighted by Crippen LogP contribution is 2.38. The summed E-state index contributed by atoms with van der Waals surface area (Å²) >= 11 is 2.58. The van der Waals surface area contributed by atoms with Crippen molar-refractivity contribution in [3.8, 4) is 11.4 Å². The summed E-state index contributed by atoms with van der Waals surface area (Å²) in [5.74, 6) is 0.351. The van der Waals surface area contributed by atoms with Crippen LogP contribution in [0.1, 0.15) is 16.5 Å². The number of aromatic nitrogens is 2. The van der Waals surface area contributed by atoms with Crippen LogP contribution in [0.5, 0.6) is 5.75 Å². The van der Waals surface area contributed by atoms with Gasteiger partial charge in [-0.15, -0.1) is 11.8 Å². The van der Waals surface area contributed by atoms with E-state index in [4.69, 9.17) is 4.74 Å². The second-order valence-corrected chi connectivity index (χ2v) is 10.4. The van der Waals surface area contributed by atoms with Crippen LogP contribution in [0.3, 0.4) is 0 Å². The van der Waals surface area contributed by atoms with Crippen LogP contribution in [0.25, 0.3) is 16.6 Å². The number of thioether (sulfide) groups is 2. The van der Waals surface area contributed by atoms with Crippen LogP contribution < -0.4 is 15.7 Å². The molecule has 5 rings (SSSR count). The smallest absolute Gasteiger partial charge is 0.266 e. The second kappa shape index (κ2) is 10.7. The lowest BCUT2D eigenvalue weighted by Gasteiger charge is -2.24. The topological polar surface area (TPSA) is 93.5 Å². The summed E-state index contributed by atoms with van der Waals surface area (Å²) in [4.78, 5) is 43.6. The maximum atomic E-state index is 13.4. The van der Waals surface area contributed by atoms with Gasteiger partial charge in [0.1, 0.15) is 11.1 Å². The first-order valence-corrected chi connectivity index (χ1v) is 13.6. The molecule has 2 heterocycles. The highest BCUT2D eigenvalue weighted by molar-refractivity contribution is 8.00. The molecule has 4 aromatic rings. The molecule has 37 heavy (non-hydrogen) atoms. The van der Waals surface area contributed by atoms with E-state index in [1.54, 1.807) is 25.3 Å². The maximum absolute atomic E-state index is 13.4. The quantitative estimate of drug-likeness (QED) is 0.283. The molecule has 0 saturated carbocycles. The summed E-state index contributed by atoms with van der Waals surface area (Å²) in [6, 6.07) is 22.1. The van der Waals surface area contributed by atoms with Gasteiger partial charge in [0.25, 0.3) is 11.5 Å². The third-order valence-electron chi connectivity index (χ3n) is 5.86. The SMILES string of the molecule is COc1cccc(C2SCC(=O)N2NC(=O)CSc2nc3ccccc3c(=O)n2-c2ccc(C)cc2)c1. The molecule has 0 aliphatic carbocycles. The van der Waals surface area contributed by atoms with Crippen molar-refractivity contribution in [2.24, 2.45) is 0 Å². The van der Waals surface area contributed by atoms with Crippen LogP contribution >= 0.6 is 23.5 Å². The molecule has 1 atom stereocenters. The number of nitrogens with one attached hydrogen (secondary N) is 1. The van der Waals surface area contributed by atoms with E-state index in [-0.39, 0.29) is 34.3 Å². The first kappa shape index (κ1) is 24.9. The summed E-state index contributed by atoms with van der Waals surface area (Å²) < 4.78 is 6.82. The van der Waals surface area contributed by atoms with Crippen molar-refractivity contribution in [1.29, 1.82) is 0 Å². The molecule has 1 fully saturated rings. The van der Waals surface area contributed by atoms with Gasteiger partial charge in [-0.25, -0.2) is 9.99 Å². The standard InChI is InChI=1S/C27H24N4O4S2/c1-17-10-12-19(13-11-17)30-25(34)21-8-3-4-9-22(21)28-27(30)37-15-23(32)29-31-24(33)16-36-26(31)18-6-5-7-20(14-18)35-2/h3-14,26H,15-16H2,1-2H3,(H,29,32). The van der Waals surface area contributed by atoms with E-state index in [9.17, 15) is 14.4 Å². The molecule has 1 aliphatic heterocycles. The van der Waals surface area contributed by atoms with E-state index in [0.29, 0.717) is 27.5 Å². The monoisotopic (exact) mass is 532 g/mol. The Kier molecular flexibility index (Phi) is 7.20. The number of carbonyl (C=O) groups excluding carboxylic acids is 2. The van der Waals surface area contributed by atoms with Gasteiger partial charge in [-0.1, -0.05) is 53.7 Å². The average Bonchev–Trinajstić information content (AvgIpc) is 3.28. The van der Waals surface area contributed by atoms with Crippen LogP contribution in [0.4, 0.5) is 0 Å². The molecule has 2 amide bonds. The number of benzene rings is 3. The molecular formula is C27H24N4O4S2. The van der Waals surface area contributed by atoms with Crippen molar-refractivity contribution in [1.82, 2.24) is 20.0 Å². The van der Waals surface area contributed by atoms with Gasteiger partial charge in [0, 0.05) is 0 Å². The Bertz CT molecular complexity index is 1540. The number of nitrogens with zero attached hydrogens (tertiary/aromatic N) is 3. The van der Waals surface area contributed by atoms with Crippen LogP contribution in [0.2, 0.25) is 0 Å². The van der Waals surface area contributed by atoms with Gasteiger partial charge >= 0.3 is 0 Å². The molecule has 0 spiro atoms. The lowest BCUT2D eigenvalue weighted by molar-refractivity contribution is -0.138. The van der Waals surface area contributed by atoms with Gasteiger partial charge in [-0.05, 0) is 48.9 Å². The van der Waals surface area contributed by atoms with Gasteiger partial charge in [-0.2, -0.15) is 0 Å². The highest BCUT2D eigenvalue weighted by Gasteiger charge is 2.34. The number of carbonyl (C=O) groups is 2. The largest absolute Gasteiger partial charge is 0.497 e. The van der Waals surface area contributed by atoms with Crippen LogP contribution in [-0.4, -0.2) is 45.0 Å². The van der Waals surface area contributed by atoms with Gasteiger partial charge in [-0.3, -0.25) is 24.4 Å². The second-order valence-electron chi connectivity index (χ2n) is 8.42. The molecule has 1 aromatic heterocycles. The molecule has 0 bridgehead atoms. The van der Waals surface area contributed by atoms with Crippen LogP contribution in [0, 0.1) is 6.92 Å². The van der Waals surface area contributed by atoms with Crippen molar-refractivity contribution >= 4 is 46.2 Å². The number of methoxy groups -OCH3 is 1. The van der Waals surface area contributed by atoms with Crippen molar-refractivity contribution in [2.45, 2.75) is 17.5 Å². The lowest BCUT2D eigenvalue weighted by atomic mass is 10.2. The van der Waals surface area contributed by atoms with E-state index in [0.717, 1.165) is 22.9 Å². The summed E-state index contributed by atoms with van der Waals surface area (Å²) in [5.41, 5.74) is 5.69. The van der Waals surface area contributed by atoms with Crippen molar-refractivity contribution in [3.05, 3.63) is 94.3 Å². The molecule has 3 aromatic carbocycles. The lowest BCUT2D eigenvalue weighted by Crippen LogP contribution is -2.45. The fourth-order valence-electron chi connectivity index (χ4n) is 4.01. The zero-order chi connectivity index (χ0) is 25.9. The molecule has 1 aliphatic rings. The minimum atomic E-state index is -0.369. The molecule has 1 unspecified atom stereocenters. The first-order chi connectivity index (χ1) is 17.9. The number of aryl methyl sites for hydroxylation is 1. The Morgan fingerprint density at radius 2 is 1.89 bits per heavy atom. The third-order valence-corrected chi connectivity index (χ3v) is 8.01. The normalized spacial score (nSPS) is 15.2. The predicted octanol–water partition coefficient (Wildman–Crippen LogP) is 4.10. The third kappa shape index (κ3) is 5.21. The molecule has 10 heteroatoms. The minimum Gasteiger partial charge on any atom is -0.497 e. The summed E-state index contributed by atoms with van der Waals surface area (Å²) in [6.45, 7) is 1.97. The van der Waals surface area contributed by atoms with E-state index in [1.807, 2.05) is 61.5 Å². The number of rotatable bonds is 7. The number of para-hydroxylation sites is 1. The predicted molar refractivity (Wildman–Crippen MR) is 146 cm³/mol. The van der Waals surface area contributed by atoms with E-state index in [1.165, 1.54) is 21.3 Å². The van der Waals surface area contributed by atoms with Crippen molar-refractivity contribution in [3.63, 3.8) is 0 Å². The Hall–Kier alpha value is -3.76. The summed E-state index contributed by atoms with van der Waals surface area (Å²) in [5, 5.41) is 1.90. The number of fused-ring (bicyclic) bond motifs is 1. The maximum Gasteiger partial charge on any atom is 0.266 e. The number of hydrogen-bond acceptors (Lipinski definition) is 7. The molecule has 1 N–H and O–H groups in total. The zero-order valence-corrected chi connectivity index (χ0v) is 21.8. The van der Waals surface area contributed by atoms with Crippen LogP contribution in [-0.2, 0) is 9.59 Å². The van der Waals surface area contributed by atoms with Gasteiger partial charge in [0.05, 0.1) is 35.2 Å². The van der Waals surface area contributed by atoms with Crippen molar-refractivity contribution in [2.75, 3.05) is 18.6 Å². The van der Waals surface area contributed by atoms with Gasteiger partial charge < -0.3 is 4.74 Å². The Morgan fingerprint density at radius 3 is 2.68 bits per heavy atom. The fraction of sp³-hybridized carbons (Fsp3) is 0.185. The van der Waals surface area contributed by atoms with E-state index < -0.39 is 0 Å². The minimum absolute atomic E-state index is 0.0318. The fourth-order valence-corrected chi connectivity index (χ4v) is 5.92. The molecule has 188 valence electrons. The molecule has 8 nitrogen and oxygen atoms in total. The van der Waals surface area contributed by atoms with Gasteiger partial charge in [0.2, 0.25) is 5.91 Å². The number of ether oxygens (including phenoxy) is 1. The molecule has 1 saturated heterocycles. The Balaban J connectivity index is 1.39. The first-order valence-electron chi connectivity index (χ1n) is 11.5. The molecule has 0 radical (unpaired) electrons. The number of amides is 2. The van der Waals surface area contributed by atoms with E-state index in [2.05, 4.69) is 10.4 Å². The zero-order valence-electron chi connectivity index (χ0n) is 20.2. The molecular weight excluding hydrogens is 508 g/mol. The highest BCUT2D eigenvalue weighted by atomic mass is 32.2. The number of hydrogen-bond donors (Lipinski definition) is 1. The Labute approximate surface area is 222 Å². The van der Waals surface area contributed by atoms with E-state index >= 15 is 0 Å². The Morgan fingerprint density at radius 1 is 1.11 bits per heavy atom. The number of hydrazine groups is 1. The summed E-state index contributed by atoms with van der Waals surface area (Å²) in [6.07, 6.45) is 0.